The van der Waals surface area contributed by atoms with E-state index in [1.165, 1.54) is 212 Å². The number of unbranched alkanes of at least 4 members (excludes halogenated alkanes) is 48. The SMILES string of the molecule is CCCCCCCCCCCCCCCCCCCCCCCC(=O)O[C@H](COC(=O)CCCCCCCCCCCCCCC(C)C)COP(=O)(O)OC[C@@H](O)COP(=O)(O)OC[C@@H](COC(=O)CCCCCCCCC)OC(=O)CCCCCCCCCCCCCC. The van der Waals surface area contributed by atoms with Crippen LogP contribution >= 0.6 is 15.6 Å². The second kappa shape index (κ2) is 69.2. The van der Waals surface area contributed by atoms with Gasteiger partial charge in [-0.05, 0) is 31.6 Å². The lowest BCUT2D eigenvalue weighted by Crippen LogP contribution is -2.30. The zero-order valence-corrected chi connectivity index (χ0v) is 63.6. The van der Waals surface area contributed by atoms with Crippen LogP contribution < -0.4 is 0 Å². The van der Waals surface area contributed by atoms with Crippen LogP contribution in [0.1, 0.15) is 401 Å². The van der Waals surface area contributed by atoms with Gasteiger partial charge in [0.1, 0.15) is 19.3 Å². The number of hydrogen-bond acceptors (Lipinski definition) is 15. The van der Waals surface area contributed by atoms with Crippen LogP contribution in [-0.4, -0.2) is 96.7 Å². The fourth-order valence-corrected chi connectivity index (χ4v) is 13.3. The Morgan fingerprint density at radius 2 is 0.484 bits per heavy atom. The van der Waals surface area contributed by atoms with Crippen molar-refractivity contribution in [2.45, 2.75) is 419 Å². The van der Waals surface area contributed by atoms with E-state index in [4.69, 9.17) is 37.0 Å². The molecule has 0 bridgehead atoms. The summed E-state index contributed by atoms with van der Waals surface area (Å²) in [4.78, 5) is 72.6. The van der Waals surface area contributed by atoms with Crippen LogP contribution in [0.3, 0.4) is 0 Å². The van der Waals surface area contributed by atoms with E-state index in [0.717, 1.165) is 109 Å². The molecular formula is C76H148O17P2. The fourth-order valence-electron chi connectivity index (χ4n) is 11.7. The highest BCUT2D eigenvalue weighted by atomic mass is 31.2. The molecule has 0 amide bonds. The Morgan fingerprint density at radius 1 is 0.284 bits per heavy atom. The first-order valence-electron chi connectivity index (χ1n) is 39.6. The van der Waals surface area contributed by atoms with Crippen molar-refractivity contribution < 1.29 is 80.2 Å². The number of ether oxygens (including phenoxy) is 4. The van der Waals surface area contributed by atoms with Crippen molar-refractivity contribution in [1.29, 1.82) is 0 Å². The molecular weight excluding hydrogens is 1250 g/mol. The molecule has 0 heterocycles. The van der Waals surface area contributed by atoms with Crippen LogP contribution in [0.5, 0.6) is 0 Å². The number of esters is 4. The smallest absolute Gasteiger partial charge is 0.462 e. The van der Waals surface area contributed by atoms with Crippen LogP contribution in [0.15, 0.2) is 0 Å². The summed E-state index contributed by atoms with van der Waals surface area (Å²) >= 11 is 0. The number of aliphatic hydroxyl groups is 1. The minimum absolute atomic E-state index is 0.107. The molecule has 95 heavy (non-hydrogen) atoms. The molecule has 0 aliphatic carbocycles. The standard InChI is InChI=1S/C76H148O17P2/c1-6-9-12-15-18-20-22-24-25-26-27-28-29-30-31-32-38-42-47-52-57-62-76(81)93-72(66-87-74(79)60-55-50-45-40-37-34-33-35-39-44-48-53-58-69(4)5)68-91-95(84,85)89-64-70(77)63-88-94(82,83)90-67-71(65-86-73(78)59-54-49-43-17-14-11-8-3)92-75(80)61-56-51-46-41-36-23-21-19-16-13-10-7-2/h69-72,77H,6-68H2,1-5H3,(H,82,83)(H,84,85)/t70-,71+,72+/m0/s1. The summed E-state index contributed by atoms with van der Waals surface area (Å²) in [5.41, 5.74) is 0. The number of carbonyl (C=O) groups excluding carboxylic acids is 4. The summed E-state index contributed by atoms with van der Waals surface area (Å²) in [6, 6.07) is 0. The van der Waals surface area contributed by atoms with Crippen LogP contribution in [0.25, 0.3) is 0 Å². The van der Waals surface area contributed by atoms with Crippen molar-refractivity contribution in [3.63, 3.8) is 0 Å². The monoisotopic (exact) mass is 1400 g/mol. The summed E-state index contributed by atoms with van der Waals surface area (Å²) in [5, 5.41) is 10.6. The second-order valence-corrected chi connectivity index (χ2v) is 30.8. The van der Waals surface area contributed by atoms with Gasteiger partial charge in [-0.1, -0.05) is 349 Å². The van der Waals surface area contributed by atoms with E-state index in [1.807, 2.05) is 0 Å². The van der Waals surface area contributed by atoms with E-state index in [9.17, 15) is 43.2 Å². The molecule has 0 aliphatic rings. The Balaban J connectivity index is 5.16. The number of rotatable bonds is 76. The molecule has 0 aromatic heterocycles. The van der Waals surface area contributed by atoms with Crippen LogP contribution in [-0.2, 0) is 65.4 Å². The van der Waals surface area contributed by atoms with Gasteiger partial charge in [-0.25, -0.2) is 9.13 Å². The molecule has 0 aromatic rings. The van der Waals surface area contributed by atoms with Crippen molar-refractivity contribution in [3.8, 4) is 0 Å². The molecule has 564 valence electrons. The molecule has 0 radical (unpaired) electrons. The maximum absolute atomic E-state index is 13.1. The molecule has 0 saturated carbocycles. The molecule has 0 saturated heterocycles. The molecule has 5 atom stereocenters. The lowest BCUT2D eigenvalue weighted by Gasteiger charge is -2.21. The Bertz CT molecular complexity index is 1820. The van der Waals surface area contributed by atoms with Gasteiger partial charge in [0.25, 0.3) is 0 Å². The highest BCUT2D eigenvalue weighted by Gasteiger charge is 2.30. The Hall–Kier alpha value is -1.94. The first kappa shape index (κ1) is 93.1. The van der Waals surface area contributed by atoms with Crippen molar-refractivity contribution in [1.82, 2.24) is 0 Å². The van der Waals surface area contributed by atoms with Gasteiger partial charge in [-0.15, -0.1) is 0 Å². The molecule has 0 spiro atoms. The first-order valence-corrected chi connectivity index (χ1v) is 42.6. The van der Waals surface area contributed by atoms with Crippen molar-refractivity contribution in [2.75, 3.05) is 39.6 Å². The normalized spacial score (nSPS) is 13.9. The third kappa shape index (κ3) is 70.3. The number of phosphoric ester groups is 2. The lowest BCUT2D eigenvalue weighted by atomic mass is 10.0. The summed E-state index contributed by atoms with van der Waals surface area (Å²) in [6.45, 7) is 7.26. The third-order valence-corrected chi connectivity index (χ3v) is 19.7. The summed E-state index contributed by atoms with van der Waals surface area (Å²) in [7, 11) is -9.90. The minimum atomic E-state index is -4.96. The average Bonchev–Trinajstić information content (AvgIpc) is 1.94. The third-order valence-electron chi connectivity index (χ3n) is 17.8. The number of hydrogen-bond donors (Lipinski definition) is 3. The molecule has 0 aliphatic heterocycles. The van der Waals surface area contributed by atoms with Gasteiger partial charge in [0, 0.05) is 25.7 Å². The van der Waals surface area contributed by atoms with Gasteiger partial charge in [-0.2, -0.15) is 0 Å². The highest BCUT2D eigenvalue weighted by molar-refractivity contribution is 7.47. The van der Waals surface area contributed by atoms with Gasteiger partial charge in [-0.3, -0.25) is 37.3 Å². The van der Waals surface area contributed by atoms with E-state index in [2.05, 4.69) is 34.6 Å². The maximum Gasteiger partial charge on any atom is 0.472 e. The zero-order valence-electron chi connectivity index (χ0n) is 61.8. The van der Waals surface area contributed by atoms with E-state index < -0.39 is 97.5 Å². The van der Waals surface area contributed by atoms with E-state index >= 15 is 0 Å². The van der Waals surface area contributed by atoms with Gasteiger partial charge in [0.05, 0.1) is 26.4 Å². The van der Waals surface area contributed by atoms with Gasteiger partial charge < -0.3 is 33.8 Å². The molecule has 2 unspecified atom stereocenters. The van der Waals surface area contributed by atoms with Gasteiger partial charge >= 0.3 is 39.5 Å². The van der Waals surface area contributed by atoms with Crippen molar-refractivity contribution >= 4 is 39.5 Å². The van der Waals surface area contributed by atoms with E-state index in [0.29, 0.717) is 25.7 Å². The predicted octanol–water partition coefficient (Wildman–Crippen LogP) is 22.5. The Kier molecular flexibility index (Phi) is 67.7. The van der Waals surface area contributed by atoms with Gasteiger partial charge in [0.2, 0.25) is 0 Å². The molecule has 0 aromatic carbocycles. The molecule has 0 rings (SSSR count). The van der Waals surface area contributed by atoms with E-state index in [1.54, 1.807) is 0 Å². The highest BCUT2D eigenvalue weighted by Crippen LogP contribution is 2.45. The summed E-state index contributed by atoms with van der Waals surface area (Å²) in [5.74, 6) is -1.34. The Labute approximate surface area is 581 Å². The van der Waals surface area contributed by atoms with Crippen LogP contribution in [0, 0.1) is 5.92 Å². The van der Waals surface area contributed by atoms with Crippen molar-refractivity contribution in [2.24, 2.45) is 5.92 Å². The molecule has 17 nitrogen and oxygen atoms in total. The predicted molar refractivity (Wildman–Crippen MR) is 386 cm³/mol. The summed E-state index contributed by atoms with van der Waals surface area (Å²) in [6.07, 6.45) is 58.5. The largest absolute Gasteiger partial charge is 0.472 e. The fraction of sp³-hybridized carbons (Fsp3) is 0.947. The average molecular weight is 1400 g/mol. The lowest BCUT2D eigenvalue weighted by molar-refractivity contribution is -0.161. The second-order valence-electron chi connectivity index (χ2n) is 27.9. The number of carbonyl (C=O) groups is 4. The van der Waals surface area contributed by atoms with Crippen LogP contribution in [0.4, 0.5) is 0 Å². The van der Waals surface area contributed by atoms with Crippen molar-refractivity contribution in [3.05, 3.63) is 0 Å². The zero-order chi connectivity index (χ0) is 69.8. The minimum Gasteiger partial charge on any atom is -0.462 e. The topological polar surface area (TPSA) is 237 Å². The maximum atomic E-state index is 13.1. The molecule has 0 fully saturated rings. The number of aliphatic hydroxyl groups excluding tert-OH is 1. The number of phosphoric acid groups is 2. The molecule has 3 N–H and O–H groups in total. The first-order chi connectivity index (χ1) is 46.0. The molecule has 19 heteroatoms. The van der Waals surface area contributed by atoms with E-state index in [-0.39, 0.29) is 25.7 Å². The quantitative estimate of drug-likeness (QED) is 0.0222. The van der Waals surface area contributed by atoms with Gasteiger partial charge in [0.15, 0.2) is 12.2 Å². The van der Waals surface area contributed by atoms with Crippen LogP contribution in [0.2, 0.25) is 0 Å². The summed E-state index contributed by atoms with van der Waals surface area (Å²) < 4.78 is 68.4. The Morgan fingerprint density at radius 3 is 0.716 bits per heavy atom.